The van der Waals surface area contributed by atoms with Gasteiger partial charge in [0.15, 0.2) is 5.96 Å². The third-order valence-electron chi connectivity index (χ3n) is 5.49. The van der Waals surface area contributed by atoms with Crippen LogP contribution < -0.4 is 10.6 Å². The van der Waals surface area contributed by atoms with E-state index >= 15 is 0 Å². The smallest absolute Gasteiger partial charge is 0.191 e. The Balaban J connectivity index is 0.00000300. The Morgan fingerprint density at radius 3 is 2.52 bits per heavy atom. The van der Waals surface area contributed by atoms with Gasteiger partial charge < -0.3 is 15.4 Å². The van der Waals surface area contributed by atoms with Crippen molar-refractivity contribution in [2.24, 2.45) is 4.99 Å². The Morgan fingerprint density at radius 1 is 1.17 bits per heavy atom. The van der Waals surface area contributed by atoms with Gasteiger partial charge in [0, 0.05) is 36.6 Å². The van der Waals surface area contributed by atoms with Crippen molar-refractivity contribution in [1.82, 2.24) is 15.6 Å². The van der Waals surface area contributed by atoms with Crippen LogP contribution in [0.25, 0.3) is 0 Å². The number of benzene rings is 1. The second-order valence-corrected chi connectivity index (χ2v) is 8.79. The number of hydrogen-bond acceptors (Lipinski definition) is 4. The zero-order valence-electron chi connectivity index (χ0n) is 17.9. The molecular formula is C22H33IN4OS. The fourth-order valence-corrected chi connectivity index (χ4v) is 4.80. The average Bonchev–Trinajstić information content (AvgIpc) is 3.02. The molecule has 0 saturated carbocycles. The Kier molecular flexibility index (Phi) is 9.36. The zero-order chi connectivity index (χ0) is 20.0. The summed E-state index contributed by atoms with van der Waals surface area (Å²) in [5.41, 5.74) is 3.94. The minimum atomic E-state index is 0. The summed E-state index contributed by atoms with van der Waals surface area (Å²) in [4.78, 5) is 10.6. The Labute approximate surface area is 195 Å². The molecule has 2 aromatic rings. The predicted octanol–water partition coefficient (Wildman–Crippen LogP) is 4.49. The summed E-state index contributed by atoms with van der Waals surface area (Å²) in [6.45, 7) is 12.4. The largest absolute Gasteiger partial charge is 0.381 e. The van der Waals surface area contributed by atoms with Gasteiger partial charge in [0.25, 0.3) is 0 Å². The summed E-state index contributed by atoms with van der Waals surface area (Å²) in [5, 5.41) is 8.11. The highest BCUT2D eigenvalue weighted by atomic mass is 127. The first-order valence-corrected chi connectivity index (χ1v) is 10.9. The summed E-state index contributed by atoms with van der Waals surface area (Å²) < 4.78 is 5.68. The molecule has 0 spiro atoms. The number of ether oxygens (including phenoxy) is 1. The summed E-state index contributed by atoms with van der Waals surface area (Å²) in [6, 6.07) is 8.74. The molecule has 1 aromatic heterocycles. The second-order valence-electron chi connectivity index (χ2n) is 7.50. The quantitative estimate of drug-likeness (QED) is 0.330. The lowest BCUT2D eigenvalue weighted by atomic mass is 9.72. The molecule has 2 heterocycles. The van der Waals surface area contributed by atoms with Gasteiger partial charge in [-0.2, -0.15) is 0 Å². The van der Waals surface area contributed by atoms with Crippen LogP contribution in [0.1, 0.15) is 46.5 Å². The highest BCUT2D eigenvalue weighted by Crippen LogP contribution is 2.36. The molecule has 7 heteroatoms. The van der Waals surface area contributed by atoms with Crippen LogP contribution in [0.15, 0.2) is 29.3 Å². The monoisotopic (exact) mass is 528 g/mol. The van der Waals surface area contributed by atoms with Gasteiger partial charge >= 0.3 is 0 Å². The van der Waals surface area contributed by atoms with Crippen molar-refractivity contribution in [2.75, 3.05) is 26.3 Å². The van der Waals surface area contributed by atoms with E-state index in [9.17, 15) is 0 Å². The molecule has 5 nitrogen and oxygen atoms in total. The van der Waals surface area contributed by atoms with Crippen molar-refractivity contribution >= 4 is 41.3 Å². The van der Waals surface area contributed by atoms with Gasteiger partial charge in [-0.25, -0.2) is 9.98 Å². The highest BCUT2D eigenvalue weighted by molar-refractivity contribution is 14.0. The molecule has 29 heavy (non-hydrogen) atoms. The second kappa shape index (κ2) is 11.3. The molecule has 1 aromatic carbocycles. The molecule has 0 aliphatic carbocycles. The predicted molar refractivity (Wildman–Crippen MR) is 133 cm³/mol. The van der Waals surface area contributed by atoms with E-state index < -0.39 is 0 Å². The van der Waals surface area contributed by atoms with E-state index in [4.69, 9.17) is 9.73 Å². The van der Waals surface area contributed by atoms with Gasteiger partial charge in [-0.05, 0) is 51.7 Å². The fraction of sp³-hybridized carbons (Fsp3) is 0.545. The van der Waals surface area contributed by atoms with Gasteiger partial charge in [-0.1, -0.05) is 24.3 Å². The summed E-state index contributed by atoms with van der Waals surface area (Å²) >= 11 is 1.73. The normalized spacial score (nSPS) is 16.2. The van der Waals surface area contributed by atoms with Crippen molar-refractivity contribution < 1.29 is 4.74 Å². The van der Waals surface area contributed by atoms with E-state index in [0.717, 1.165) is 55.8 Å². The number of guanidine groups is 1. The first-order valence-electron chi connectivity index (χ1n) is 10.1. The van der Waals surface area contributed by atoms with E-state index in [1.165, 1.54) is 16.0 Å². The minimum Gasteiger partial charge on any atom is -0.381 e. The molecule has 0 radical (unpaired) electrons. The Bertz CT molecular complexity index is 815. The number of rotatable bonds is 6. The molecule has 160 valence electrons. The third kappa shape index (κ3) is 6.15. The van der Waals surface area contributed by atoms with Crippen LogP contribution in [0, 0.1) is 20.8 Å². The fourth-order valence-electron chi connectivity index (χ4n) is 3.94. The van der Waals surface area contributed by atoms with Crippen LogP contribution in [-0.2, 0) is 16.7 Å². The van der Waals surface area contributed by atoms with E-state index in [0.29, 0.717) is 6.54 Å². The van der Waals surface area contributed by atoms with E-state index in [1.54, 1.807) is 11.3 Å². The highest BCUT2D eigenvalue weighted by Gasteiger charge is 2.35. The first-order chi connectivity index (χ1) is 13.5. The topological polar surface area (TPSA) is 58.5 Å². The maximum atomic E-state index is 5.68. The van der Waals surface area contributed by atoms with Crippen LogP contribution in [0.2, 0.25) is 0 Å². The van der Waals surface area contributed by atoms with Gasteiger partial charge in [0.2, 0.25) is 0 Å². The number of aliphatic imine (C=N–C) groups is 1. The molecule has 2 N–H and O–H groups in total. The molecule has 1 saturated heterocycles. The van der Waals surface area contributed by atoms with Crippen LogP contribution in [0.5, 0.6) is 0 Å². The number of hydrogen-bond donors (Lipinski definition) is 2. The van der Waals surface area contributed by atoms with E-state index in [2.05, 4.69) is 60.7 Å². The van der Waals surface area contributed by atoms with Crippen molar-refractivity contribution in [3.05, 3.63) is 51.0 Å². The third-order valence-corrected chi connectivity index (χ3v) is 6.54. The van der Waals surface area contributed by atoms with Gasteiger partial charge in [-0.15, -0.1) is 35.3 Å². The van der Waals surface area contributed by atoms with Gasteiger partial charge in [0.05, 0.1) is 17.2 Å². The number of thiazole rings is 1. The summed E-state index contributed by atoms with van der Waals surface area (Å²) in [7, 11) is 0. The zero-order valence-corrected chi connectivity index (χ0v) is 21.0. The lowest BCUT2D eigenvalue weighted by Crippen LogP contribution is -2.48. The lowest BCUT2D eigenvalue weighted by Gasteiger charge is -2.39. The molecule has 0 amide bonds. The number of nitrogens with zero attached hydrogens (tertiary/aromatic N) is 2. The molecular weight excluding hydrogens is 495 g/mol. The molecule has 1 aliphatic heterocycles. The van der Waals surface area contributed by atoms with Gasteiger partial charge in [-0.3, -0.25) is 0 Å². The van der Waals surface area contributed by atoms with Crippen LogP contribution >= 0.6 is 35.3 Å². The Morgan fingerprint density at radius 2 is 1.90 bits per heavy atom. The molecule has 0 bridgehead atoms. The molecule has 3 rings (SSSR count). The first kappa shape index (κ1) is 24.1. The summed E-state index contributed by atoms with van der Waals surface area (Å²) in [6.07, 6.45) is 2.05. The van der Waals surface area contributed by atoms with Crippen molar-refractivity contribution in [1.29, 1.82) is 0 Å². The van der Waals surface area contributed by atoms with E-state index in [-0.39, 0.29) is 29.4 Å². The molecule has 0 unspecified atom stereocenters. The van der Waals surface area contributed by atoms with E-state index in [1.807, 2.05) is 6.92 Å². The maximum absolute atomic E-state index is 5.68. The summed E-state index contributed by atoms with van der Waals surface area (Å²) in [5.74, 6) is 0.868. The molecule has 0 atom stereocenters. The van der Waals surface area contributed by atoms with Crippen LogP contribution in [-0.4, -0.2) is 37.2 Å². The Hall–Kier alpha value is -1.19. The number of aromatic nitrogens is 1. The van der Waals surface area contributed by atoms with Gasteiger partial charge in [0.1, 0.15) is 0 Å². The number of nitrogens with one attached hydrogen (secondary N) is 2. The average molecular weight is 529 g/mol. The SMILES string of the molecule is CCNC(=NCc1sc(C)nc1C)NCC1(c2ccccc2C)CCOCC1.I. The van der Waals surface area contributed by atoms with Crippen LogP contribution in [0.4, 0.5) is 0 Å². The van der Waals surface area contributed by atoms with Crippen molar-refractivity contribution in [3.63, 3.8) is 0 Å². The molecule has 1 fully saturated rings. The lowest BCUT2D eigenvalue weighted by molar-refractivity contribution is 0.0512. The maximum Gasteiger partial charge on any atom is 0.191 e. The minimum absolute atomic E-state index is 0. The number of aryl methyl sites for hydroxylation is 3. The van der Waals surface area contributed by atoms with Crippen LogP contribution in [0.3, 0.4) is 0 Å². The number of halogens is 1. The van der Waals surface area contributed by atoms with Crippen molar-refractivity contribution in [2.45, 2.75) is 52.5 Å². The molecule has 1 aliphatic rings. The standard InChI is InChI=1S/C22H32N4OS.HI/c1-5-23-21(24-14-20-17(3)26-18(4)28-20)25-15-22(10-12-27-13-11-22)19-9-7-6-8-16(19)2;/h6-9H,5,10-15H2,1-4H3,(H2,23,24,25);1H. The van der Waals surface area contributed by atoms with Crippen molar-refractivity contribution in [3.8, 4) is 0 Å².